The normalized spacial score (nSPS) is 14.5. The van der Waals surface area contributed by atoms with Crippen LogP contribution in [0.5, 0.6) is 0 Å². The summed E-state index contributed by atoms with van der Waals surface area (Å²) in [7, 11) is 0. The third-order valence-corrected chi connectivity index (χ3v) is 4.91. The van der Waals surface area contributed by atoms with Gasteiger partial charge in [0.1, 0.15) is 0 Å². The Labute approximate surface area is 133 Å². The number of hydrogen-bond acceptors (Lipinski definition) is 2. The van der Waals surface area contributed by atoms with Crippen molar-refractivity contribution in [1.82, 2.24) is 9.78 Å². The van der Waals surface area contributed by atoms with Crippen molar-refractivity contribution in [1.29, 1.82) is 0 Å². The second-order valence-corrected chi connectivity index (χ2v) is 6.20. The number of hydrogen-bond donors (Lipinski definition) is 0. The summed E-state index contributed by atoms with van der Waals surface area (Å²) in [6, 6.07) is 7.64. The number of fused-ring (bicyclic) bond motifs is 1. The van der Waals surface area contributed by atoms with Crippen molar-refractivity contribution in [3.63, 3.8) is 0 Å². The molecule has 3 rings (SSSR count). The minimum absolute atomic E-state index is 0.674. The van der Waals surface area contributed by atoms with Gasteiger partial charge >= 0.3 is 0 Å². The highest BCUT2D eigenvalue weighted by atomic mass is 15.3. The van der Waals surface area contributed by atoms with Crippen LogP contribution in [0.3, 0.4) is 0 Å². The van der Waals surface area contributed by atoms with E-state index >= 15 is 0 Å². The maximum absolute atomic E-state index is 4.40. The molecule has 22 heavy (non-hydrogen) atoms. The average molecular weight is 297 g/mol. The third-order valence-electron chi connectivity index (χ3n) is 4.91. The lowest BCUT2D eigenvalue weighted by atomic mass is 9.95. The summed E-state index contributed by atoms with van der Waals surface area (Å²) in [6.07, 6.45) is 9.03. The van der Waals surface area contributed by atoms with Crippen LogP contribution in [-0.2, 0) is 13.0 Å². The van der Waals surface area contributed by atoms with Crippen molar-refractivity contribution in [3.8, 4) is 11.1 Å². The van der Waals surface area contributed by atoms with Crippen LogP contribution in [0.4, 0.5) is 5.69 Å². The molecular formula is C19H27N3. The van der Waals surface area contributed by atoms with Gasteiger partial charge in [-0.15, -0.1) is 0 Å². The van der Waals surface area contributed by atoms with Crippen LogP contribution >= 0.6 is 0 Å². The minimum atomic E-state index is 0.674. The molecule has 3 heteroatoms. The molecule has 0 saturated carbocycles. The summed E-state index contributed by atoms with van der Waals surface area (Å²) >= 11 is 0. The molecule has 1 aromatic carbocycles. The number of rotatable bonds is 5. The molecule has 2 heterocycles. The van der Waals surface area contributed by atoms with E-state index in [2.05, 4.69) is 55.2 Å². The van der Waals surface area contributed by atoms with Gasteiger partial charge in [-0.25, -0.2) is 0 Å². The van der Waals surface area contributed by atoms with Crippen LogP contribution in [-0.4, -0.2) is 22.4 Å². The number of aryl methyl sites for hydroxylation is 2. The lowest BCUT2D eigenvalue weighted by Crippen LogP contribution is -2.38. The highest BCUT2D eigenvalue weighted by Gasteiger charge is 2.22. The number of nitrogens with zero attached hydrogens (tertiary/aromatic N) is 3. The molecule has 2 aromatic rings. The molecular weight excluding hydrogens is 270 g/mol. The monoisotopic (exact) mass is 297 g/mol. The summed E-state index contributed by atoms with van der Waals surface area (Å²) < 4.78 is 1.99. The van der Waals surface area contributed by atoms with E-state index in [0.29, 0.717) is 6.04 Å². The summed E-state index contributed by atoms with van der Waals surface area (Å²) in [5.74, 6) is 0. The number of aromatic nitrogens is 2. The van der Waals surface area contributed by atoms with Gasteiger partial charge in [-0.2, -0.15) is 5.10 Å². The Morgan fingerprint density at radius 1 is 1.14 bits per heavy atom. The first kappa shape index (κ1) is 15.1. The van der Waals surface area contributed by atoms with E-state index in [1.807, 2.05) is 10.9 Å². The van der Waals surface area contributed by atoms with Crippen molar-refractivity contribution in [2.75, 3.05) is 11.4 Å². The Bertz CT molecular complexity index is 625. The molecule has 0 bridgehead atoms. The SMILES string of the molecule is CCC(CC)N1CCCc2cc(-c3cnn(CC)c3)ccc21. The van der Waals surface area contributed by atoms with Gasteiger partial charge in [0.15, 0.2) is 0 Å². The van der Waals surface area contributed by atoms with Gasteiger partial charge in [0.05, 0.1) is 6.20 Å². The zero-order valence-corrected chi connectivity index (χ0v) is 14.0. The van der Waals surface area contributed by atoms with Crippen molar-refractivity contribution in [3.05, 3.63) is 36.2 Å². The van der Waals surface area contributed by atoms with Crippen LogP contribution in [0.1, 0.15) is 45.6 Å². The fraction of sp³-hybridized carbons (Fsp3) is 0.526. The first-order valence-corrected chi connectivity index (χ1v) is 8.69. The van der Waals surface area contributed by atoms with E-state index in [1.165, 1.54) is 54.6 Å². The fourth-order valence-electron chi connectivity index (χ4n) is 3.60. The fourth-order valence-corrected chi connectivity index (χ4v) is 3.60. The molecule has 0 fully saturated rings. The largest absolute Gasteiger partial charge is 0.368 e. The maximum Gasteiger partial charge on any atom is 0.0568 e. The highest BCUT2D eigenvalue weighted by Crippen LogP contribution is 2.33. The Balaban J connectivity index is 1.93. The quantitative estimate of drug-likeness (QED) is 0.809. The maximum atomic E-state index is 4.40. The zero-order valence-electron chi connectivity index (χ0n) is 14.0. The van der Waals surface area contributed by atoms with Gasteiger partial charge in [-0.3, -0.25) is 4.68 Å². The smallest absolute Gasteiger partial charge is 0.0568 e. The van der Waals surface area contributed by atoms with Gasteiger partial charge in [0.2, 0.25) is 0 Å². The molecule has 0 atom stereocenters. The van der Waals surface area contributed by atoms with Gasteiger partial charge in [-0.1, -0.05) is 19.9 Å². The molecule has 0 aliphatic carbocycles. The molecule has 0 N–H and O–H groups in total. The molecule has 0 radical (unpaired) electrons. The summed E-state index contributed by atoms with van der Waals surface area (Å²) in [4.78, 5) is 2.62. The first-order chi connectivity index (χ1) is 10.8. The average Bonchev–Trinajstić information content (AvgIpc) is 3.05. The Kier molecular flexibility index (Phi) is 4.51. The van der Waals surface area contributed by atoms with Crippen molar-refractivity contribution < 1.29 is 0 Å². The standard InChI is InChI=1S/C19H27N3/c1-4-18(5-2)22-11-7-8-16-12-15(9-10-19(16)22)17-13-20-21(6-3)14-17/h9-10,12-14,18H,4-8,11H2,1-3H3. The molecule has 1 aliphatic rings. The summed E-state index contributed by atoms with van der Waals surface area (Å²) in [5.41, 5.74) is 5.47. The molecule has 1 aliphatic heterocycles. The van der Waals surface area contributed by atoms with E-state index < -0.39 is 0 Å². The van der Waals surface area contributed by atoms with Gasteiger partial charge < -0.3 is 4.90 Å². The Morgan fingerprint density at radius 3 is 2.64 bits per heavy atom. The van der Waals surface area contributed by atoms with Gasteiger partial charge in [-0.05, 0) is 55.9 Å². The second kappa shape index (κ2) is 6.55. The minimum Gasteiger partial charge on any atom is -0.368 e. The van der Waals surface area contributed by atoms with Crippen LogP contribution < -0.4 is 4.90 Å². The molecule has 118 valence electrons. The zero-order chi connectivity index (χ0) is 15.5. The van der Waals surface area contributed by atoms with E-state index in [9.17, 15) is 0 Å². The topological polar surface area (TPSA) is 21.1 Å². The van der Waals surface area contributed by atoms with Gasteiger partial charge in [0.25, 0.3) is 0 Å². The summed E-state index contributed by atoms with van der Waals surface area (Å²) in [5, 5.41) is 4.40. The van der Waals surface area contributed by atoms with E-state index in [-0.39, 0.29) is 0 Å². The van der Waals surface area contributed by atoms with Crippen LogP contribution in [0, 0.1) is 0 Å². The molecule has 0 unspecified atom stereocenters. The predicted octanol–water partition coefficient (Wildman–Crippen LogP) is 4.51. The van der Waals surface area contributed by atoms with Crippen molar-refractivity contribution >= 4 is 5.69 Å². The van der Waals surface area contributed by atoms with E-state index in [1.54, 1.807) is 0 Å². The molecule has 3 nitrogen and oxygen atoms in total. The Morgan fingerprint density at radius 2 is 1.95 bits per heavy atom. The van der Waals surface area contributed by atoms with Gasteiger partial charge in [0, 0.05) is 36.6 Å². The van der Waals surface area contributed by atoms with Crippen LogP contribution in [0.25, 0.3) is 11.1 Å². The third kappa shape index (κ3) is 2.77. The van der Waals surface area contributed by atoms with Crippen molar-refractivity contribution in [2.45, 2.75) is 59.0 Å². The Hall–Kier alpha value is -1.77. The van der Waals surface area contributed by atoms with Crippen LogP contribution in [0.15, 0.2) is 30.6 Å². The molecule has 1 aromatic heterocycles. The van der Waals surface area contributed by atoms with Crippen LogP contribution in [0.2, 0.25) is 0 Å². The highest BCUT2D eigenvalue weighted by molar-refractivity contribution is 5.69. The lowest BCUT2D eigenvalue weighted by Gasteiger charge is -2.37. The van der Waals surface area contributed by atoms with E-state index in [0.717, 1.165) is 6.54 Å². The second-order valence-electron chi connectivity index (χ2n) is 6.20. The molecule has 0 amide bonds. The predicted molar refractivity (Wildman–Crippen MR) is 93.4 cm³/mol. The number of anilines is 1. The van der Waals surface area contributed by atoms with E-state index in [4.69, 9.17) is 0 Å². The van der Waals surface area contributed by atoms with Crippen molar-refractivity contribution in [2.24, 2.45) is 0 Å². The first-order valence-electron chi connectivity index (χ1n) is 8.69. The number of benzene rings is 1. The molecule has 0 saturated heterocycles. The molecule has 0 spiro atoms. The lowest BCUT2D eigenvalue weighted by molar-refractivity contribution is 0.533. The summed E-state index contributed by atoms with van der Waals surface area (Å²) in [6.45, 7) is 8.85.